The summed E-state index contributed by atoms with van der Waals surface area (Å²) in [6, 6.07) is 5.46. The van der Waals surface area contributed by atoms with Gasteiger partial charge in [-0.15, -0.1) is 0 Å². The Morgan fingerprint density at radius 2 is 2.14 bits per heavy atom. The predicted molar refractivity (Wildman–Crippen MR) is 82.0 cm³/mol. The maximum atomic E-state index is 11.4. The van der Waals surface area contributed by atoms with Crippen molar-refractivity contribution in [3.8, 4) is 22.8 Å². The molecule has 22 heavy (non-hydrogen) atoms. The second-order valence-electron chi connectivity index (χ2n) is 4.64. The number of amides is 1. The van der Waals surface area contributed by atoms with Gasteiger partial charge in [0, 0.05) is 25.5 Å². The third-order valence-electron chi connectivity index (χ3n) is 3.17. The number of aryl methyl sites for hydroxylation is 1. The molecule has 0 aliphatic heterocycles. The van der Waals surface area contributed by atoms with Crippen LogP contribution in [0.15, 0.2) is 28.8 Å². The van der Waals surface area contributed by atoms with Crippen molar-refractivity contribution in [2.45, 2.75) is 19.8 Å². The number of methoxy groups -OCH3 is 2. The Kier molecular flexibility index (Phi) is 5.41. The predicted octanol–water partition coefficient (Wildman–Crippen LogP) is 2.43. The molecule has 0 aliphatic carbocycles. The Hall–Kier alpha value is -2.50. The lowest BCUT2D eigenvalue weighted by Gasteiger charge is -2.08. The van der Waals surface area contributed by atoms with E-state index < -0.39 is 0 Å². The number of nitrogens with one attached hydrogen (secondary N) is 1. The number of ether oxygens (including phenoxy) is 2. The lowest BCUT2D eigenvalue weighted by molar-refractivity contribution is -0.121. The summed E-state index contributed by atoms with van der Waals surface area (Å²) >= 11 is 0. The molecule has 2 aromatic rings. The summed E-state index contributed by atoms with van der Waals surface area (Å²) in [4.78, 5) is 15.7. The van der Waals surface area contributed by atoms with Crippen molar-refractivity contribution in [1.29, 1.82) is 0 Å². The second-order valence-corrected chi connectivity index (χ2v) is 4.64. The average Bonchev–Trinajstić information content (AvgIpc) is 3.01. The Bertz CT molecular complexity index is 637. The fraction of sp³-hybridized carbons (Fsp3) is 0.375. The summed E-state index contributed by atoms with van der Waals surface area (Å²) in [7, 11) is 3.19. The van der Waals surface area contributed by atoms with Crippen molar-refractivity contribution < 1.29 is 18.7 Å². The van der Waals surface area contributed by atoms with E-state index in [-0.39, 0.29) is 5.91 Å². The molecule has 1 aromatic heterocycles. The van der Waals surface area contributed by atoms with Gasteiger partial charge in [0.2, 0.25) is 5.91 Å². The minimum absolute atomic E-state index is 0.00993. The van der Waals surface area contributed by atoms with Gasteiger partial charge in [0.1, 0.15) is 11.5 Å². The first-order chi connectivity index (χ1) is 10.7. The Labute approximate surface area is 129 Å². The summed E-state index contributed by atoms with van der Waals surface area (Å²) in [5.41, 5.74) is 0.792. The molecule has 0 atom stereocenters. The summed E-state index contributed by atoms with van der Waals surface area (Å²) in [5.74, 6) is 2.47. The summed E-state index contributed by atoms with van der Waals surface area (Å²) < 4.78 is 16.2. The van der Waals surface area contributed by atoms with Crippen LogP contribution in [0.2, 0.25) is 0 Å². The van der Waals surface area contributed by atoms with E-state index in [1.807, 2.05) is 19.1 Å². The molecular formula is C16H20N2O4. The van der Waals surface area contributed by atoms with Crippen LogP contribution < -0.4 is 14.8 Å². The van der Waals surface area contributed by atoms with E-state index in [0.717, 1.165) is 5.56 Å². The van der Waals surface area contributed by atoms with Gasteiger partial charge in [-0.05, 0) is 19.1 Å². The van der Waals surface area contributed by atoms with E-state index in [1.54, 1.807) is 26.5 Å². The SMILES string of the molecule is CCNC(=O)CCc1ncc(-c2ccc(OC)cc2OC)o1. The van der Waals surface area contributed by atoms with Crippen molar-refractivity contribution in [3.05, 3.63) is 30.3 Å². The number of nitrogens with zero attached hydrogens (tertiary/aromatic N) is 1. The molecular weight excluding hydrogens is 284 g/mol. The minimum Gasteiger partial charge on any atom is -0.497 e. The van der Waals surface area contributed by atoms with Crippen LogP contribution in [0.4, 0.5) is 0 Å². The van der Waals surface area contributed by atoms with E-state index in [9.17, 15) is 4.79 Å². The number of hydrogen-bond acceptors (Lipinski definition) is 5. The highest BCUT2D eigenvalue weighted by atomic mass is 16.5. The Balaban J connectivity index is 2.12. The Morgan fingerprint density at radius 3 is 2.82 bits per heavy atom. The first-order valence-corrected chi connectivity index (χ1v) is 7.11. The van der Waals surface area contributed by atoms with Crippen molar-refractivity contribution >= 4 is 5.91 Å². The molecule has 2 rings (SSSR count). The maximum absolute atomic E-state index is 11.4. The van der Waals surface area contributed by atoms with Gasteiger partial charge in [0.15, 0.2) is 11.7 Å². The van der Waals surface area contributed by atoms with E-state index in [1.165, 1.54) is 0 Å². The molecule has 0 bridgehead atoms. The van der Waals surface area contributed by atoms with Gasteiger partial charge in [-0.2, -0.15) is 0 Å². The summed E-state index contributed by atoms with van der Waals surface area (Å²) in [6.45, 7) is 2.51. The highest BCUT2D eigenvalue weighted by Crippen LogP contribution is 2.33. The normalized spacial score (nSPS) is 10.3. The fourth-order valence-corrected chi connectivity index (χ4v) is 2.06. The van der Waals surface area contributed by atoms with Crippen molar-refractivity contribution in [3.63, 3.8) is 0 Å². The molecule has 0 saturated heterocycles. The largest absolute Gasteiger partial charge is 0.497 e. The quantitative estimate of drug-likeness (QED) is 0.850. The zero-order valence-corrected chi connectivity index (χ0v) is 13.0. The number of aromatic nitrogens is 1. The van der Waals surface area contributed by atoms with Crippen molar-refractivity contribution in [2.24, 2.45) is 0 Å². The number of benzene rings is 1. The molecule has 6 nitrogen and oxygen atoms in total. The van der Waals surface area contributed by atoms with Crippen LogP contribution in [0.25, 0.3) is 11.3 Å². The third kappa shape index (κ3) is 3.78. The smallest absolute Gasteiger partial charge is 0.220 e. The van der Waals surface area contributed by atoms with Crippen LogP contribution in [0.1, 0.15) is 19.2 Å². The molecule has 0 fully saturated rings. The first kappa shape index (κ1) is 15.9. The number of rotatable bonds is 7. The van der Waals surface area contributed by atoms with Crippen LogP contribution in [-0.2, 0) is 11.2 Å². The molecule has 118 valence electrons. The van der Waals surface area contributed by atoms with Crippen LogP contribution in [0.5, 0.6) is 11.5 Å². The monoisotopic (exact) mass is 304 g/mol. The zero-order chi connectivity index (χ0) is 15.9. The number of oxazole rings is 1. The van der Waals surface area contributed by atoms with E-state index >= 15 is 0 Å². The van der Waals surface area contributed by atoms with Gasteiger partial charge in [-0.1, -0.05) is 0 Å². The van der Waals surface area contributed by atoms with Gasteiger partial charge >= 0.3 is 0 Å². The molecule has 1 aromatic carbocycles. The summed E-state index contributed by atoms with van der Waals surface area (Å²) in [5, 5.41) is 2.74. The molecule has 0 spiro atoms. The van der Waals surface area contributed by atoms with Crippen LogP contribution in [0, 0.1) is 0 Å². The molecule has 0 radical (unpaired) electrons. The number of hydrogen-bond donors (Lipinski definition) is 1. The maximum Gasteiger partial charge on any atom is 0.220 e. The Morgan fingerprint density at radius 1 is 1.32 bits per heavy atom. The zero-order valence-electron chi connectivity index (χ0n) is 13.0. The second kappa shape index (κ2) is 7.49. The molecule has 1 amide bonds. The van der Waals surface area contributed by atoms with Gasteiger partial charge in [0.05, 0.1) is 26.0 Å². The standard InChI is InChI=1S/C16H20N2O4/c1-4-17-15(19)7-8-16-18-10-14(22-16)12-6-5-11(20-2)9-13(12)21-3/h5-6,9-10H,4,7-8H2,1-3H3,(H,17,19). The van der Waals surface area contributed by atoms with Crippen molar-refractivity contribution in [2.75, 3.05) is 20.8 Å². The highest BCUT2D eigenvalue weighted by Gasteiger charge is 2.13. The van der Waals surface area contributed by atoms with E-state index in [2.05, 4.69) is 10.3 Å². The van der Waals surface area contributed by atoms with Gasteiger partial charge in [-0.3, -0.25) is 4.79 Å². The highest BCUT2D eigenvalue weighted by molar-refractivity contribution is 5.76. The summed E-state index contributed by atoms with van der Waals surface area (Å²) in [6.07, 6.45) is 2.45. The molecule has 0 saturated carbocycles. The van der Waals surface area contributed by atoms with Gasteiger partial charge in [-0.25, -0.2) is 4.98 Å². The molecule has 6 heteroatoms. The van der Waals surface area contributed by atoms with Gasteiger partial charge < -0.3 is 19.2 Å². The lowest BCUT2D eigenvalue weighted by atomic mass is 10.1. The van der Waals surface area contributed by atoms with Crippen molar-refractivity contribution in [1.82, 2.24) is 10.3 Å². The topological polar surface area (TPSA) is 73.6 Å². The number of carbonyl (C=O) groups excluding carboxylic acids is 1. The van der Waals surface area contributed by atoms with Gasteiger partial charge in [0.25, 0.3) is 0 Å². The molecule has 1 N–H and O–H groups in total. The molecule has 0 unspecified atom stereocenters. The first-order valence-electron chi connectivity index (χ1n) is 7.11. The van der Waals surface area contributed by atoms with E-state index in [0.29, 0.717) is 42.5 Å². The molecule has 1 heterocycles. The fourth-order valence-electron chi connectivity index (χ4n) is 2.06. The van der Waals surface area contributed by atoms with Crippen LogP contribution in [0.3, 0.4) is 0 Å². The third-order valence-corrected chi connectivity index (χ3v) is 3.17. The van der Waals surface area contributed by atoms with Crippen LogP contribution in [-0.4, -0.2) is 31.7 Å². The number of carbonyl (C=O) groups is 1. The van der Waals surface area contributed by atoms with E-state index in [4.69, 9.17) is 13.9 Å². The lowest BCUT2D eigenvalue weighted by Crippen LogP contribution is -2.22. The average molecular weight is 304 g/mol. The molecule has 0 aliphatic rings. The minimum atomic E-state index is -0.00993. The van der Waals surface area contributed by atoms with Crippen LogP contribution >= 0.6 is 0 Å².